The van der Waals surface area contributed by atoms with E-state index in [0.29, 0.717) is 16.6 Å². The van der Waals surface area contributed by atoms with Crippen LogP contribution >= 0.6 is 23.4 Å². The molecule has 3 aromatic rings. The SMILES string of the molecule is COC(=O)Nc1nc2ncc(Sc3ccc(Cl)cc3)cc2[nH]1. The van der Waals surface area contributed by atoms with Crippen LogP contribution in [-0.2, 0) is 4.74 Å². The first-order valence-corrected chi connectivity index (χ1v) is 7.47. The molecule has 1 amide bonds. The molecule has 2 heterocycles. The molecular weight excluding hydrogens is 324 g/mol. The third-order valence-corrected chi connectivity index (χ3v) is 3.99. The molecular formula is C14H11ClN4O2S. The quantitative estimate of drug-likeness (QED) is 0.758. The van der Waals surface area contributed by atoms with Crippen molar-refractivity contribution in [3.63, 3.8) is 0 Å². The molecule has 0 atom stereocenters. The van der Waals surface area contributed by atoms with E-state index in [4.69, 9.17) is 11.6 Å². The lowest BCUT2D eigenvalue weighted by Gasteiger charge is -2.01. The van der Waals surface area contributed by atoms with E-state index in [1.165, 1.54) is 7.11 Å². The second-order valence-electron chi connectivity index (χ2n) is 4.30. The van der Waals surface area contributed by atoms with Gasteiger partial charge >= 0.3 is 6.09 Å². The van der Waals surface area contributed by atoms with Gasteiger partial charge in [-0.25, -0.2) is 9.78 Å². The highest BCUT2D eigenvalue weighted by Crippen LogP contribution is 2.29. The fourth-order valence-corrected chi connectivity index (χ4v) is 2.73. The molecule has 2 N–H and O–H groups in total. The highest BCUT2D eigenvalue weighted by molar-refractivity contribution is 7.99. The molecule has 0 aliphatic rings. The number of fused-ring (bicyclic) bond motifs is 1. The molecule has 22 heavy (non-hydrogen) atoms. The Balaban J connectivity index is 1.83. The van der Waals surface area contributed by atoms with E-state index < -0.39 is 6.09 Å². The summed E-state index contributed by atoms with van der Waals surface area (Å²) in [5.41, 5.74) is 1.25. The molecule has 8 heteroatoms. The Morgan fingerprint density at radius 3 is 2.82 bits per heavy atom. The van der Waals surface area contributed by atoms with Crippen LogP contribution in [0.4, 0.5) is 10.7 Å². The van der Waals surface area contributed by atoms with E-state index in [9.17, 15) is 4.79 Å². The number of pyridine rings is 1. The van der Waals surface area contributed by atoms with Crippen LogP contribution in [0, 0.1) is 0 Å². The summed E-state index contributed by atoms with van der Waals surface area (Å²) in [5, 5.41) is 3.17. The van der Waals surface area contributed by atoms with E-state index in [1.54, 1.807) is 18.0 Å². The molecule has 0 spiro atoms. The molecule has 0 fully saturated rings. The molecule has 1 aromatic carbocycles. The zero-order valence-electron chi connectivity index (χ0n) is 11.5. The number of benzene rings is 1. The summed E-state index contributed by atoms with van der Waals surface area (Å²) in [6.07, 6.45) is 1.14. The predicted molar refractivity (Wildman–Crippen MR) is 85.5 cm³/mol. The molecule has 0 aliphatic heterocycles. The number of halogens is 1. The first-order valence-electron chi connectivity index (χ1n) is 6.28. The number of methoxy groups -OCH3 is 1. The zero-order chi connectivity index (χ0) is 15.5. The Hall–Kier alpha value is -2.25. The highest BCUT2D eigenvalue weighted by Gasteiger charge is 2.08. The van der Waals surface area contributed by atoms with Crippen LogP contribution in [0.1, 0.15) is 0 Å². The first kappa shape index (κ1) is 14.7. The fourth-order valence-electron chi connectivity index (χ4n) is 1.78. The fraction of sp³-hybridized carbons (Fsp3) is 0.0714. The lowest BCUT2D eigenvalue weighted by atomic mass is 10.4. The van der Waals surface area contributed by atoms with Gasteiger partial charge in [-0.1, -0.05) is 23.4 Å². The number of carbonyl (C=O) groups is 1. The number of hydrogen-bond donors (Lipinski definition) is 2. The molecule has 3 rings (SSSR count). The van der Waals surface area contributed by atoms with Gasteiger partial charge in [-0.2, -0.15) is 4.98 Å². The Labute approximate surface area is 135 Å². The third kappa shape index (κ3) is 3.32. The van der Waals surface area contributed by atoms with Gasteiger partial charge in [0.2, 0.25) is 5.95 Å². The van der Waals surface area contributed by atoms with E-state index >= 15 is 0 Å². The number of aromatic nitrogens is 3. The monoisotopic (exact) mass is 334 g/mol. The van der Waals surface area contributed by atoms with Crippen molar-refractivity contribution in [2.75, 3.05) is 12.4 Å². The number of amides is 1. The predicted octanol–water partition coefficient (Wildman–Crippen LogP) is 3.94. The number of nitrogens with one attached hydrogen (secondary N) is 2. The van der Waals surface area contributed by atoms with E-state index in [0.717, 1.165) is 15.3 Å². The summed E-state index contributed by atoms with van der Waals surface area (Å²) in [6, 6.07) is 9.47. The van der Waals surface area contributed by atoms with Crippen LogP contribution in [0.2, 0.25) is 5.02 Å². The van der Waals surface area contributed by atoms with Crippen molar-refractivity contribution in [3.05, 3.63) is 41.6 Å². The summed E-state index contributed by atoms with van der Waals surface area (Å²) >= 11 is 7.43. The van der Waals surface area contributed by atoms with Crippen molar-refractivity contribution in [1.29, 1.82) is 0 Å². The van der Waals surface area contributed by atoms with Gasteiger partial charge in [0.15, 0.2) is 5.65 Å². The summed E-state index contributed by atoms with van der Waals surface area (Å²) < 4.78 is 4.52. The molecule has 0 unspecified atom stereocenters. The maximum atomic E-state index is 11.2. The molecule has 0 aliphatic carbocycles. The number of H-pyrrole nitrogens is 1. The maximum absolute atomic E-state index is 11.2. The van der Waals surface area contributed by atoms with Gasteiger partial charge in [-0.15, -0.1) is 0 Å². The van der Waals surface area contributed by atoms with Crippen molar-refractivity contribution < 1.29 is 9.53 Å². The minimum Gasteiger partial charge on any atom is -0.453 e. The van der Waals surface area contributed by atoms with Gasteiger partial charge in [-0.3, -0.25) is 5.32 Å². The van der Waals surface area contributed by atoms with Crippen LogP contribution in [0.15, 0.2) is 46.3 Å². The number of ether oxygens (including phenoxy) is 1. The van der Waals surface area contributed by atoms with Crippen molar-refractivity contribution >= 4 is 46.6 Å². The molecule has 0 saturated carbocycles. The molecule has 0 saturated heterocycles. The summed E-state index contributed by atoms with van der Waals surface area (Å²) in [7, 11) is 1.29. The van der Waals surface area contributed by atoms with Crippen molar-refractivity contribution in [2.24, 2.45) is 0 Å². The van der Waals surface area contributed by atoms with Crippen LogP contribution in [0.25, 0.3) is 11.2 Å². The molecule has 112 valence electrons. The zero-order valence-corrected chi connectivity index (χ0v) is 13.0. The van der Waals surface area contributed by atoms with Crippen LogP contribution < -0.4 is 5.32 Å². The van der Waals surface area contributed by atoms with Crippen molar-refractivity contribution in [2.45, 2.75) is 9.79 Å². The number of hydrogen-bond acceptors (Lipinski definition) is 5. The number of aromatic amines is 1. The van der Waals surface area contributed by atoms with Gasteiger partial charge in [0.1, 0.15) is 0 Å². The number of rotatable bonds is 3. The average Bonchev–Trinajstić information content (AvgIpc) is 2.91. The van der Waals surface area contributed by atoms with E-state index in [1.807, 2.05) is 30.3 Å². The number of anilines is 1. The summed E-state index contributed by atoms with van der Waals surface area (Å²) in [6.45, 7) is 0. The number of imidazole rings is 1. The minimum atomic E-state index is -0.588. The summed E-state index contributed by atoms with van der Waals surface area (Å²) in [4.78, 5) is 24.6. The van der Waals surface area contributed by atoms with Crippen LogP contribution in [0.5, 0.6) is 0 Å². The normalized spacial score (nSPS) is 10.6. The average molecular weight is 335 g/mol. The van der Waals surface area contributed by atoms with Gasteiger partial charge < -0.3 is 9.72 Å². The molecule has 0 bridgehead atoms. The Kier molecular flexibility index (Phi) is 4.17. The topological polar surface area (TPSA) is 79.9 Å². The van der Waals surface area contributed by atoms with E-state index in [-0.39, 0.29) is 0 Å². The highest BCUT2D eigenvalue weighted by atomic mass is 35.5. The summed E-state index contributed by atoms with van der Waals surface area (Å²) in [5.74, 6) is 0.294. The largest absolute Gasteiger partial charge is 0.453 e. The van der Waals surface area contributed by atoms with Gasteiger partial charge in [0.05, 0.1) is 12.6 Å². The minimum absolute atomic E-state index is 0.294. The lowest BCUT2D eigenvalue weighted by Crippen LogP contribution is -2.11. The smallest absolute Gasteiger partial charge is 0.413 e. The number of nitrogens with zero attached hydrogens (tertiary/aromatic N) is 2. The second kappa shape index (κ2) is 6.25. The second-order valence-corrected chi connectivity index (χ2v) is 5.88. The number of carbonyl (C=O) groups excluding carboxylic acids is 1. The third-order valence-electron chi connectivity index (χ3n) is 2.77. The molecule has 0 radical (unpaired) electrons. The molecule has 2 aromatic heterocycles. The van der Waals surface area contributed by atoms with Gasteiger partial charge in [-0.05, 0) is 30.3 Å². The maximum Gasteiger partial charge on any atom is 0.413 e. The van der Waals surface area contributed by atoms with Crippen molar-refractivity contribution in [3.8, 4) is 0 Å². The van der Waals surface area contributed by atoms with Gasteiger partial charge in [0.25, 0.3) is 0 Å². The Bertz CT molecular complexity index is 819. The Morgan fingerprint density at radius 1 is 1.32 bits per heavy atom. The van der Waals surface area contributed by atoms with Crippen LogP contribution in [0.3, 0.4) is 0 Å². The van der Waals surface area contributed by atoms with Crippen LogP contribution in [-0.4, -0.2) is 28.2 Å². The van der Waals surface area contributed by atoms with Gasteiger partial charge in [0, 0.05) is 21.0 Å². The van der Waals surface area contributed by atoms with Crippen molar-refractivity contribution in [1.82, 2.24) is 15.0 Å². The molecule has 6 nitrogen and oxygen atoms in total. The standard InChI is InChI=1S/C14H11ClN4O2S/c1-21-14(20)19-13-17-11-6-10(7-16-12(11)18-13)22-9-4-2-8(15)3-5-9/h2-7H,1H3,(H2,16,17,18,19,20). The lowest BCUT2D eigenvalue weighted by molar-refractivity contribution is 0.186. The first-order chi connectivity index (χ1) is 10.6. The Morgan fingerprint density at radius 2 is 2.09 bits per heavy atom. The van der Waals surface area contributed by atoms with E-state index in [2.05, 4.69) is 25.0 Å².